The Morgan fingerprint density at radius 1 is 1.15 bits per heavy atom. The van der Waals surface area contributed by atoms with Crippen LogP contribution in [0.5, 0.6) is 11.5 Å². The van der Waals surface area contributed by atoms with Gasteiger partial charge in [-0.05, 0) is 49.8 Å². The van der Waals surface area contributed by atoms with E-state index in [1.54, 1.807) is 41.9 Å². The Balaban J connectivity index is 1.14. The molecular weight excluding hydrogens is 525 g/mol. The van der Waals surface area contributed by atoms with E-state index in [-0.39, 0.29) is 17.6 Å². The summed E-state index contributed by atoms with van der Waals surface area (Å²) in [4.78, 5) is 34.1. The van der Waals surface area contributed by atoms with Crippen LogP contribution >= 0.6 is 0 Å². The highest BCUT2D eigenvalue weighted by Gasteiger charge is 2.43. The molecule has 4 aromatic heterocycles. The first-order chi connectivity index (χ1) is 20.0. The van der Waals surface area contributed by atoms with Gasteiger partial charge in [-0.1, -0.05) is 6.58 Å². The average Bonchev–Trinajstić information content (AvgIpc) is 3.72. The fourth-order valence-electron chi connectivity index (χ4n) is 5.73. The molecule has 5 aromatic rings. The maximum atomic E-state index is 15.6. The molecule has 41 heavy (non-hydrogen) atoms. The van der Waals surface area contributed by atoms with Gasteiger partial charge in [0.2, 0.25) is 5.91 Å². The molecule has 2 fully saturated rings. The summed E-state index contributed by atoms with van der Waals surface area (Å²) in [7, 11) is 0. The van der Waals surface area contributed by atoms with E-state index in [4.69, 9.17) is 9.72 Å². The third kappa shape index (κ3) is 4.37. The highest BCUT2D eigenvalue weighted by Crippen LogP contribution is 2.36. The SMILES string of the molecule is C=CC(=O)N1CC[C@H]2CN(c3ccc4ncnc(Nc5ccc(Oc6ccn7ncnc7c6)c(C)c5F)c4n3)C[C@H]21. The first-order valence-corrected chi connectivity index (χ1v) is 13.3. The molecule has 11 nitrogen and oxygen atoms in total. The zero-order chi connectivity index (χ0) is 28.1. The number of fused-ring (bicyclic) bond motifs is 3. The summed E-state index contributed by atoms with van der Waals surface area (Å²) in [6.07, 6.45) is 6.94. The van der Waals surface area contributed by atoms with Gasteiger partial charge in [0.1, 0.15) is 35.5 Å². The molecule has 2 aliphatic rings. The summed E-state index contributed by atoms with van der Waals surface area (Å²) in [6, 6.07) is 10.7. The number of nitrogens with zero attached hydrogens (tertiary/aromatic N) is 8. The Morgan fingerprint density at radius 2 is 2.05 bits per heavy atom. The number of ether oxygens (including phenoxy) is 1. The van der Waals surface area contributed by atoms with Crippen LogP contribution in [0.3, 0.4) is 0 Å². The van der Waals surface area contributed by atoms with Gasteiger partial charge in [-0.2, -0.15) is 5.10 Å². The van der Waals surface area contributed by atoms with Crippen LogP contribution in [-0.4, -0.2) is 66.0 Å². The van der Waals surface area contributed by atoms with Gasteiger partial charge in [0.25, 0.3) is 0 Å². The summed E-state index contributed by atoms with van der Waals surface area (Å²) >= 11 is 0. The third-order valence-corrected chi connectivity index (χ3v) is 7.87. The maximum absolute atomic E-state index is 15.6. The zero-order valence-electron chi connectivity index (χ0n) is 22.2. The molecule has 0 bridgehead atoms. The average molecular weight is 552 g/mol. The maximum Gasteiger partial charge on any atom is 0.246 e. The van der Waals surface area contributed by atoms with Gasteiger partial charge in [0.05, 0.1) is 17.2 Å². The Morgan fingerprint density at radius 3 is 2.93 bits per heavy atom. The second-order valence-electron chi connectivity index (χ2n) is 10.2. The minimum atomic E-state index is -0.465. The lowest BCUT2D eigenvalue weighted by Crippen LogP contribution is -2.38. The van der Waals surface area contributed by atoms with Crippen molar-refractivity contribution in [2.24, 2.45) is 5.92 Å². The van der Waals surface area contributed by atoms with E-state index in [1.165, 1.54) is 18.7 Å². The van der Waals surface area contributed by atoms with Gasteiger partial charge in [-0.15, -0.1) is 0 Å². The van der Waals surface area contributed by atoms with E-state index in [0.29, 0.717) is 52.0 Å². The number of anilines is 3. The van der Waals surface area contributed by atoms with E-state index in [9.17, 15) is 4.79 Å². The fourth-order valence-corrected chi connectivity index (χ4v) is 5.73. The number of hydrogen-bond donors (Lipinski definition) is 1. The van der Waals surface area contributed by atoms with Gasteiger partial charge in [-0.25, -0.2) is 28.8 Å². The Labute approximate surface area is 234 Å². The molecule has 12 heteroatoms. The number of amides is 1. The molecule has 2 atom stereocenters. The topological polar surface area (TPSA) is 114 Å². The Hall–Kier alpha value is -5.13. The number of halogens is 1. The van der Waals surface area contributed by atoms with Gasteiger partial charge in [-0.3, -0.25) is 4.79 Å². The number of nitrogens with one attached hydrogen (secondary N) is 1. The lowest BCUT2D eigenvalue weighted by atomic mass is 10.1. The van der Waals surface area contributed by atoms with E-state index in [1.807, 2.05) is 17.0 Å². The predicted octanol–water partition coefficient (Wildman–Crippen LogP) is 4.27. The van der Waals surface area contributed by atoms with Crippen molar-refractivity contribution in [2.45, 2.75) is 19.4 Å². The quantitative estimate of drug-likeness (QED) is 0.309. The molecule has 206 valence electrons. The standard InChI is InChI=1S/C29H26FN9O2/c1-3-26(40)38-10-8-18-13-37(14-22(18)38)24-7-5-21-28(36-24)29(33-15-31-21)35-20-4-6-23(17(2)27(20)30)41-19-9-11-39-25(12-19)32-16-34-39/h3-7,9,11-12,15-16,18,22H,1,8,10,13-14H2,2H3,(H,31,33,35)/t18-,22+/m0/s1. The van der Waals surface area contributed by atoms with E-state index in [0.717, 1.165) is 25.3 Å². The summed E-state index contributed by atoms with van der Waals surface area (Å²) < 4.78 is 23.1. The first kappa shape index (κ1) is 24.9. The number of pyridine rings is 2. The summed E-state index contributed by atoms with van der Waals surface area (Å²) in [6.45, 7) is 7.55. The number of rotatable bonds is 6. The summed E-state index contributed by atoms with van der Waals surface area (Å²) in [5.41, 5.74) is 2.37. The number of likely N-dealkylation sites (tertiary alicyclic amines) is 1. The van der Waals surface area contributed by atoms with Crippen LogP contribution < -0.4 is 15.0 Å². The van der Waals surface area contributed by atoms with Crippen molar-refractivity contribution >= 4 is 39.9 Å². The summed E-state index contributed by atoms with van der Waals surface area (Å²) in [5.74, 6) is 1.95. The molecule has 2 saturated heterocycles. The van der Waals surface area contributed by atoms with Crippen LogP contribution in [0.1, 0.15) is 12.0 Å². The second-order valence-corrected chi connectivity index (χ2v) is 10.2. The molecule has 7 rings (SSSR count). The normalized spacial score (nSPS) is 18.2. The molecule has 0 spiro atoms. The molecule has 1 aromatic carbocycles. The highest BCUT2D eigenvalue weighted by molar-refractivity contribution is 5.89. The molecule has 2 aliphatic heterocycles. The van der Waals surface area contributed by atoms with Crippen molar-refractivity contribution in [3.63, 3.8) is 0 Å². The minimum absolute atomic E-state index is 0.0316. The van der Waals surface area contributed by atoms with Crippen molar-refractivity contribution in [2.75, 3.05) is 29.9 Å². The molecule has 1 N–H and O–H groups in total. The summed E-state index contributed by atoms with van der Waals surface area (Å²) in [5, 5.41) is 7.18. The third-order valence-electron chi connectivity index (χ3n) is 7.87. The van der Waals surface area contributed by atoms with Crippen LogP contribution in [0.4, 0.5) is 21.7 Å². The van der Waals surface area contributed by atoms with Gasteiger partial charge in [0.15, 0.2) is 17.3 Å². The van der Waals surface area contributed by atoms with Crippen molar-refractivity contribution < 1.29 is 13.9 Å². The van der Waals surface area contributed by atoms with Crippen LogP contribution in [0.15, 0.2) is 67.9 Å². The zero-order valence-corrected chi connectivity index (χ0v) is 22.2. The monoisotopic (exact) mass is 551 g/mol. The molecule has 0 saturated carbocycles. The van der Waals surface area contributed by atoms with Crippen LogP contribution in [-0.2, 0) is 4.79 Å². The van der Waals surface area contributed by atoms with Gasteiger partial charge < -0.3 is 19.9 Å². The van der Waals surface area contributed by atoms with Crippen LogP contribution in [0.2, 0.25) is 0 Å². The molecule has 1 amide bonds. The Bertz CT molecular complexity index is 1820. The van der Waals surface area contributed by atoms with Crippen molar-refractivity contribution in [3.05, 3.63) is 79.3 Å². The molecular formula is C29H26FN9O2. The molecule has 0 unspecified atom stereocenters. The van der Waals surface area contributed by atoms with Crippen molar-refractivity contribution in [3.8, 4) is 11.5 Å². The van der Waals surface area contributed by atoms with E-state index < -0.39 is 5.82 Å². The van der Waals surface area contributed by atoms with E-state index >= 15 is 4.39 Å². The van der Waals surface area contributed by atoms with Crippen LogP contribution in [0.25, 0.3) is 16.7 Å². The minimum Gasteiger partial charge on any atom is -0.457 e. The number of aromatic nitrogens is 6. The molecule has 0 radical (unpaired) electrons. The lowest BCUT2D eigenvalue weighted by Gasteiger charge is -2.24. The first-order valence-electron chi connectivity index (χ1n) is 13.3. The van der Waals surface area contributed by atoms with E-state index in [2.05, 4.69) is 36.8 Å². The number of carbonyl (C=O) groups is 1. The highest BCUT2D eigenvalue weighted by atomic mass is 19.1. The smallest absolute Gasteiger partial charge is 0.246 e. The number of hydrogen-bond acceptors (Lipinski definition) is 9. The molecule has 0 aliphatic carbocycles. The Kier molecular flexibility index (Phi) is 5.95. The number of benzene rings is 1. The number of carbonyl (C=O) groups excluding carboxylic acids is 1. The largest absolute Gasteiger partial charge is 0.457 e. The van der Waals surface area contributed by atoms with Gasteiger partial charge >= 0.3 is 0 Å². The van der Waals surface area contributed by atoms with Gasteiger partial charge in [0, 0.05) is 43.4 Å². The van der Waals surface area contributed by atoms with Crippen LogP contribution in [0, 0.1) is 18.7 Å². The predicted molar refractivity (Wildman–Crippen MR) is 151 cm³/mol. The fraction of sp³-hybridized carbons (Fsp3) is 0.241. The lowest BCUT2D eigenvalue weighted by molar-refractivity contribution is -0.126. The second kappa shape index (κ2) is 9.81. The molecule has 6 heterocycles. The van der Waals surface area contributed by atoms with Crippen molar-refractivity contribution in [1.29, 1.82) is 0 Å². The van der Waals surface area contributed by atoms with Crippen molar-refractivity contribution in [1.82, 2.24) is 34.4 Å².